The van der Waals surface area contributed by atoms with Gasteiger partial charge in [-0.15, -0.1) is 0 Å². The molecule has 6 N–H and O–H groups in total. The second kappa shape index (κ2) is 10.1. The van der Waals surface area contributed by atoms with Crippen LogP contribution >= 0.6 is 11.6 Å². The van der Waals surface area contributed by atoms with Crippen LogP contribution in [0.2, 0.25) is 5.02 Å². The molecular formula is C17H20ClN7O. The van der Waals surface area contributed by atoms with E-state index in [2.05, 4.69) is 25.6 Å². The summed E-state index contributed by atoms with van der Waals surface area (Å²) in [5, 5.41) is 22.5. The van der Waals surface area contributed by atoms with Crippen molar-refractivity contribution in [1.82, 2.24) is 9.97 Å². The third kappa shape index (κ3) is 5.83. The van der Waals surface area contributed by atoms with Crippen LogP contribution in [-0.4, -0.2) is 40.7 Å². The van der Waals surface area contributed by atoms with Crippen LogP contribution in [-0.2, 0) is 6.54 Å². The number of nitrogens with zero attached hydrogens (tertiary/aromatic N) is 3. The van der Waals surface area contributed by atoms with Crippen molar-refractivity contribution in [3.05, 3.63) is 58.5 Å². The lowest BCUT2D eigenvalue weighted by Crippen LogP contribution is -2.10. The van der Waals surface area contributed by atoms with Crippen LogP contribution in [0.3, 0.4) is 0 Å². The minimum atomic E-state index is -0.0426. The van der Waals surface area contributed by atoms with Crippen molar-refractivity contribution in [3.63, 3.8) is 0 Å². The van der Waals surface area contributed by atoms with Crippen LogP contribution in [0.25, 0.3) is 0 Å². The van der Waals surface area contributed by atoms with E-state index in [1.165, 1.54) is 24.8 Å². The SMILES string of the molecule is N=Cc1cccc(CNc2nc(NC(C=NCCO)=CN)ncc2Cl)c1. The molecule has 1 aromatic heterocycles. The zero-order chi connectivity index (χ0) is 18.8. The molecule has 0 atom stereocenters. The average Bonchev–Trinajstić information content (AvgIpc) is 2.67. The number of allylic oxidation sites excluding steroid dienone is 1. The second-order valence-corrected chi connectivity index (χ2v) is 5.55. The molecule has 0 bridgehead atoms. The summed E-state index contributed by atoms with van der Waals surface area (Å²) in [5.74, 6) is 0.769. The number of rotatable bonds is 9. The highest BCUT2D eigenvalue weighted by atomic mass is 35.5. The predicted octanol–water partition coefficient (Wildman–Crippen LogP) is 2.01. The van der Waals surface area contributed by atoms with E-state index in [-0.39, 0.29) is 13.2 Å². The Morgan fingerprint density at radius 3 is 3.00 bits per heavy atom. The molecule has 8 nitrogen and oxygen atoms in total. The summed E-state index contributed by atoms with van der Waals surface area (Å²) in [6, 6.07) is 7.59. The fourth-order valence-corrected chi connectivity index (χ4v) is 2.15. The molecule has 2 aromatic rings. The van der Waals surface area contributed by atoms with E-state index < -0.39 is 0 Å². The van der Waals surface area contributed by atoms with Gasteiger partial charge in [0, 0.05) is 25.2 Å². The van der Waals surface area contributed by atoms with Crippen LogP contribution in [0.5, 0.6) is 0 Å². The first-order valence-corrected chi connectivity index (χ1v) is 8.19. The summed E-state index contributed by atoms with van der Waals surface area (Å²) in [4.78, 5) is 12.4. The molecule has 0 aliphatic carbocycles. The Balaban J connectivity index is 2.07. The molecule has 0 spiro atoms. The number of hydrogen-bond acceptors (Lipinski definition) is 8. The van der Waals surface area contributed by atoms with Crippen molar-refractivity contribution in [3.8, 4) is 0 Å². The first-order chi connectivity index (χ1) is 12.7. The van der Waals surface area contributed by atoms with Gasteiger partial charge in [0.05, 0.1) is 25.0 Å². The van der Waals surface area contributed by atoms with Crippen molar-refractivity contribution in [2.45, 2.75) is 6.54 Å². The lowest BCUT2D eigenvalue weighted by Gasteiger charge is -2.10. The molecule has 0 aliphatic rings. The number of hydrogen-bond donors (Lipinski definition) is 5. The van der Waals surface area contributed by atoms with Crippen LogP contribution in [0.15, 0.2) is 47.4 Å². The molecule has 9 heteroatoms. The van der Waals surface area contributed by atoms with Crippen LogP contribution in [0.1, 0.15) is 11.1 Å². The summed E-state index contributed by atoms with van der Waals surface area (Å²) >= 11 is 6.15. The van der Waals surface area contributed by atoms with Gasteiger partial charge in [-0.1, -0.05) is 29.8 Å². The Morgan fingerprint density at radius 2 is 2.27 bits per heavy atom. The number of aromatic nitrogens is 2. The highest BCUT2D eigenvalue weighted by Gasteiger charge is 2.06. The molecule has 136 valence electrons. The lowest BCUT2D eigenvalue weighted by atomic mass is 10.1. The first kappa shape index (κ1) is 19.4. The Bertz CT molecular complexity index is 807. The molecule has 2 rings (SSSR count). The lowest BCUT2D eigenvalue weighted by molar-refractivity contribution is 0.307. The van der Waals surface area contributed by atoms with Crippen LogP contribution < -0.4 is 16.4 Å². The number of aliphatic hydroxyl groups is 1. The van der Waals surface area contributed by atoms with E-state index in [1.54, 1.807) is 0 Å². The largest absolute Gasteiger partial charge is 0.403 e. The van der Waals surface area contributed by atoms with E-state index in [0.29, 0.717) is 29.0 Å². The Hall–Kier alpha value is -2.97. The molecule has 0 amide bonds. The van der Waals surface area contributed by atoms with Gasteiger partial charge in [-0.25, -0.2) is 4.98 Å². The fourth-order valence-electron chi connectivity index (χ4n) is 2.00. The highest BCUT2D eigenvalue weighted by molar-refractivity contribution is 6.32. The van der Waals surface area contributed by atoms with E-state index >= 15 is 0 Å². The van der Waals surface area contributed by atoms with Gasteiger partial charge in [-0.2, -0.15) is 4.98 Å². The van der Waals surface area contributed by atoms with Gasteiger partial charge in [0.15, 0.2) is 5.82 Å². The number of aliphatic imine (C=N–C) groups is 1. The smallest absolute Gasteiger partial charge is 0.229 e. The quantitative estimate of drug-likeness (QED) is 0.427. The second-order valence-electron chi connectivity index (χ2n) is 5.14. The Kier molecular flexibility index (Phi) is 7.53. The average molecular weight is 374 g/mol. The molecule has 1 heterocycles. The minimum absolute atomic E-state index is 0.0426. The normalized spacial score (nSPS) is 11.5. The monoisotopic (exact) mass is 373 g/mol. The predicted molar refractivity (Wildman–Crippen MR) is 105 cm³/mol. The van der Waals surface area contributed by atoms with Crippen LogP contribution in [0, 0.1) is 5.41 Å². The highest BCUT2D eigenvalue weighted by Crippen LogP contribution is 2.20. The van der Waals surface area contributed by atoms with Gasteiger partial charge in [-0.05, 0) is 17.2 Å². The molecule has 0 saturated heterocycles. The number of nitrogens with one attached hydrogen (secondary N) is 3. The molecule has 1 aromatic carbocycles. The fraction of sp³-hybridized carbons (Fsp3) is 0.176. The maximum Gasteiger partial charge on any atom is 0.229 e. The Morgan fingerprint density at radius 1 is 1.42 bits per heavy atom. The maximum absolute atomic E-state index is 8.75. The van der Waals surface area contributed by atoms with Crippen molar-refractivity contribution >= 4 is 35.8 Å². The molecular weight excluding hydrogens is 354 g/mol. The topological polar surface area (TPSA) is 132 Å². The van der Waals surface area contributed by atoms with Gasteiger partial charge in [-0.3, -0.25) is 4.99 Å². The third-order valence-electron chi connectivity index (χ3n) is 3.22. The van der Waals surface area contributed by atoms with E-state index in [0.717, 1.165) is 11.1 Å². The zero-order valence-electron chi connectivity index (χ0n) is 14.0. The summed E-state index contributed by atoms with van der Waals surface area (Å²) in [6.07, 6.45) is 5.59. The Labute approximate surface area is 156 Å². The van der Waals surface area contributed by atoms with E-state index in [9.17, 15) is 0 Å². The summed E-state index contributed by atoms with van der Waals surface area (Å²) in [7, 11) is 0. The van der Waals surface area contributed by atoms with Crippen molar-refractivity contribution in [2.75, 3.05) is 23.8 Å². The maximum atomic E-state index is 8.75. The minimum Gasteiger partial charge on any atom is -0.403 e. The molecule has 26 heavy (non-hydrogen) atoms. The van der Waals surface area contributed by atoms with Crippen molar-refractivity contribution in [2.24, 2.45) is 10.7 Å². The van der Waals surface area contributed by atoms with Gasteiger partial charge >= 0.3 is 0 Å². The summed E-state index contributed by atoms with van der Waals surface area (Å²) in [5.41, 5.74) is 7.84. The summed E-state index contributed by atoms with van der Waals surface area (Å²) in [6.45, 7) is 0.733. The standard InChI is InChI=1S/C17H20ClN7O/c18-15-11-23-17(24-14(8-20)10-21-4-5-26)25-16(15)22-9-13-3-1-2-12(6-13)7-19/h1-3,6-8,10-11,19,26H,4-5,9,20H2,(H2,22,23,24,25). The third-order valence-corrected chi connectivity index (χ3v) is 3.49. The molecule has 0 aliphatic heterocycles. The van der Waals surface area contributed by atoms with Crippen LogP contribution in [0.4, 0.5) is 11.8 Å². The molecule has 0 fully saturated rings. The number of aliphatic hydroxyl groups excluding tert-OH is 1. The molecule has 0 radical (unpaired) electrons. The summed E-state index contributed by atoms with van der Waals surface area (Å²) < 4.78 is 0. The van der Waals surface area contributed by atoms with Gasteiger partial charge in [0.25, 0.3) is 0 Å². The van der Waals surface area contributed by atoms with Crippen molar-refractivity contribution in [1.29, 1.82) is 5.41 Å². The van der Waals surface area contributed by atoms with E-state index in [1.807, 2.05) is 24.3 Å². The zero-order valence-corrected chi connectivity index (χ0v) is 14.7. The van der Waals surface area contributed by atoms with E-state index in [4.69, 9.17) is 27.9 Å². The number of halogens is 1. The van der Waals surface area contributed by atoms with Gasteiger partial charge in [0.1, 0.15) is 5.02 Å². The number of benzene rings is 1. The number of anilines is 2. The number of nitrogens with two attached hydrogens (primary N) is 1. The van der Waals surface area contributed by atoms with Gasteiger partial charge < -0.3 is 26.9 Å². The molecule has 0 unspecified atom stereocenters. The first-order valence-electron chi connectivity index (χ1n) is 7.81. The van der Waals surface area contributed by atoms with Gasteiger partial charge in [0.2, 0.25) is 5.95 Å². The van der Waals surface area contributed by atoms with Crippen molar-refractivity contribution < 1.29 is 5.11 Å². The molecule has 0 saturated carbocycles.